The monoisotopic (exact) mass is 628 g/mol. The third-order valence-corrected chi connectivity index (χ3v) is 4.24. The molecule has 0 saturated carbocycles. The van der Waals surface area contributed by atoms with Gasteiger partial charge in [0.2, 0.25) is 0 Å². The van der Waals surface area contributed by atoms with Gasteiger partial charge in [-0.05, 0) is 0 Å². The van der Waals surface area contributed by atoms with Crippen molar-refractivity contribution in [3.05, 3.63) is 0 Å². The van der Waals surface area contributed by atoms with E-state index in [1.807, 2.05) is 0 Å². The fraction of sp³-hybridized carbons (Fsp3) is 1.00. The Morgan fingerprint density at radius 1 is 0.440 bits per heavy atom. The van der Waals surface area contributed by atoms with Crippen LogP contribution in [0.1, 0.15) is 27.7 Å². The fourth-order valence-electron chi connectivity index (χ4n) is 0. The normalized spacial score (nSPS) is 11.2. The van der Waals surface area contributed by atoms with E-state index in [4.69, 9.17) is 0 Å². The van der Waals surface area contributed by atoms with Crippen LogP contribution >= 0.6 is 0 Å². The minimum absolute atomic E-state index is 0. The Hall–Kier alpha value is 0.276. The minimum Gasteiger partial charge on any atom is -0.748 e. The number of hydrogen-bond donors (Lipinski definition) is 0. The summed E-state index contributed by atoms with van der Waals surface area (Å²) in [5.74, 6) is -1.25. The molecule has 0 radical (unpaired) electrons. The van der Waals surface area contributed by atoms with Gasteiger partial charge >= 0.3 is 19.8 Å². The molecule has 0 unspecified atom stereocenters. The van der Waals surface area contributed by atoms with E-state index >= 15 is 0 Å². The topological polar surface area (TPSA) is 229 Å². The first-order valence-corrected chi connectivity index (χ1v) is 12.3. The fourth-order valence-corrected chi connectivity index (χ4v) is 0. The Morgan fingerprint density at radius 2 is 0.480 bits per heavy atom. The Bertz CT molecular complexity index is 577. The van der Waals surface area contributed by atoms with Crippen molar-refractivity contribution in [1.82, 2.24) is 0 Å². The first-order valence-electron chi connectivity index (χ1n) is 5.98. The summed E-state index contributed by atoms with van der Waals surface area (Å²) >= 11 is 0. The average Bonchev–Trinajstić information content (AvgIpc) is 2.37. The van der Waals surface area contributed by atoms with Crippen molar-refractivity contribution < 1.29 is 71.7 Å². The second-order valence-electron chi connectivity index (χ2n) is 3.39. The van der Waals surface area contributed by atoms with Crippen molar-refractivity contribution in [3.8, 4) is 0 Å². The molecule has 25 heavy (non-hydrogen) atoms. The Balaban J connectivity index is -0.0000000702. The average molecular weight is 627 g/mol. The molecule has 0 amide bonds. The van der Waals surface area contributed by atoms with E-state index in [0.717, 1.165) is 0 Å². The zero-order valence-electron chi connectivity index (χ0n) is 13.7. The van der Waals surface area contributed by atoms with Crippen molar-refractivity contribution in [2.24, 2.45) is 0 Å². The molecule has 0 atom stereocenters. The molecule has 17 heteroatoms. The summed E-state index contributed by atoms with van der Waals surface area (Å²) in [6, 6.07) is 0. The molecule has 0 heterocycles. The van der Waals surface area contributed by atoms with Crippen LogP contribution in [0.5, 0.6) is 0 Å². The molecule has 0 aromatic rings. The molecule has 0 aliphatic rings. The van der Waals surface area contributed by atoms with E-state index in [2.05, 4.69) is 0 Å². The van der Waals surface area contributed by atoms with Crippen molar-refractivity contribution in [3.63, 3.8) is 0 Å². The Labute approximate surface area is 162 Å². The molecule has 0 aliphatic carbocycles. The van der Waals surface area contributed by atoms with E-state index in [1.54, 1.807) is 0 Å². The van der Waals surface area contributed by atoms with Crippen molar-refractivity contribution in [1.29, 1.82) is 0 Å². The van der Waals surface area contributed by atoms with Crippen molar-refractivity contribution in [2.75, 3.05) is 23.0 Å². The van der Waals surface area contributed by atoms with E-state index < -0.39 is 40.5 Å². The summed E-state index contributed by atoms with van der Waals surface area (Å²) in [6.07, 6.45) is 0. The molecule has 0 aromatic heterocycles. The maximum atomic E-state index is 9.44. The molecular weight excluding hydrogens is 607 g/mol. The Kier molecular flexibility index (Phi) is 23.8. The molecule has 0 bridgehead atoms. The first-order chi connectivity index (χ1) is 10.2. The smallest absolute Gasteiger partial charge is 0.748 e. The zero-order chi connectivity index (χ0) is 20.8. The minimum atomic E-state index is -3.91. The summed E-state index contributed by atoms with van der Waals surface area (Å²) in [4.78, 5) is 0. The summed E-state index contributed by atoms with van der Waals surface area (Å²) in [5, 5.41) is 0. The molecule has 12 nitrogen and oxygen atoms in total. The van der Waals surface area contributed by atoms with Gasteiger partial charge in [0.25, 0.3) is 0 Å². The van der Waals surface area contributed by atoms with Gasteiger partial charge in [-0.25, -0.2) is 33.7 Å². The van der Waals surface area contributed by atoms with Crippen LogP contribution in [0.25, 0.3) is 0 Å². The quantitative estimate of drug-likeness (QED) is 0.315. The number of hydrogen-bond acceptors (Lipinski definition) is 12. The third kappa shape index (κ3) is 79.9. The van der Waals surface area contributed by atoms with Gasteiger partial charge in [-0.1, -0.05) is 27.7 Å². The first kappa shape index (κ1) is 36.2. The molecule has 156 valence electrons. The van der Waals surface area contributed by atoms with Crippen LogP contribution in [-0.4, -0.2) is 74.9 Å². The molecule has 0 saturated heterocycles. The molecule has 0 N–H and O–H groups in total. The van der Waals surface area contributed by atoms with Gasteiger partial charge in [-0.15, -0.1) is 0 Å². The van der Waals surface area contributed by atoms with Gasteiger partial charge in [0.15, 0.2) is 0 Å². The summed E-state index contributed by atoms with van der Waals surface area (Å²) in [5.41, 5.74) is 0. The third-order valence-electron chi connectivity index (χ3n) is 1.41. The van der Waals surface area contributed by atoms with E-state index in [0.29, 0.717) is 0 Å². The largest absolute Gasteiger partial charge is 4.00 e. The van der Waals surface area contributed by atoms with Gasteiger partial charge in [-0.3, -0.25) is 0 Å². The van der Waals surface area contributed by atoms with Gasteiger partial charge in [0.1, 0.15) is 0 Å². The molecule has 0 aromatic carbocycles. The second-order valence-corrected chi connectivity index (χ2v) is 10.2. The van der Waals surface area contributed by atoms with E-state index in [-0.39, 0.29) is 42.8 Å². The molecule has 0 fully saturated rings. The van der Waals surface area contributed by atoms with Crippen LogP contribution in [0, 0.1) is 0 Å². The van der Waals surface area contributed by atoms with Gasteiger partial charge in [-0.2, -0.15) is 0 Å². The van der Waals surface area contributed by atoms with Crippen LogP contribution < -0.4 is 0 Å². The summed E-state index contributed by atoms with van der Waals surface area (Å²) in [7, 11) is -15.6. The summed E-state index contributed by atoms with van der Waals surface area (Å²) < 4.78 is 113. The molecule has 0 aliphatic heterocycles. The number of rotatable bonds is 4. The predicted octanol–water partition coefficient (Wildman–Crippen LogP) is -1.80. The Morgan fingerprint density at radius 3 is 0.480 bits per heavy atom. The van der Waals surface area contributed by atoms with E-state index in [9.17, 15) is 51.9 Å². The maximum absolute atomic E-state index is 9.44. The van der Waals surface area contributed by atoms with Crippen molar-refractivity contribution in [2.45, 2.75) is 27.7 Å². The molecular formula is C8H20O12OsS4. The van der Waals surface area contributed by atoms with E-state index in [1.165, 1.54) is 27.7 Å². The molecule has 0 spiro atoms. The van der Waals surface area contributed by atoms with Gasteiger partial charge in [0, 0.05) is 23.0 Å². The zero-order valence-corrected chi connectivity index (χ0v) is 19.5. The second kappa shape index (κ2) is 16.5. The standard InChI is InChI=1S/4C2H6O3S.Os/c4*1-2-6(3,4)5;/h4*2H2,1H3,(H,3,4,5);/q;;;;+4/p-4. The van der Waals surface area contributed by atoms with Crippen LogP contribution in [0.15, 0.2) is 0 Å². The van der Waals surface area contributed by atoms with Gasteiger partial charge in [0.05, 0.1) is 40.5 Å². The van der Waals surface area contributed by atoms with Crippen LogP contribution in [0.4, 0.5) is 0 Å². The SMILES string of the molecule is CCS(=O)(=O)[O-].CCS(=O)(=O)[O-].CCS(=O)(=O)[O-].CCS(=O)(=O)[O-].[Os+4]. The van der Waals surface area contributed by atoms with Crippen LogP contribution in [0.3, 0.4) is 0 Å². The van der Waals surface area contributed by atoms with Crippen LogP contribution in [-0.2, 0) is 60.3 Å². The van der Waals surface area contributed by atoms with Gasteiger partial charge < -0.3 is 18.2 Å². The van der Waals surface area contributed by atoms with Crippen molar-refractivity contribution >= 4 is 40.5 Å². The summed E-state index contributed by atoms with van der Waals surface area (Å²) in [6.45, 7) is 5.23. The predicted molar refractivity (Wildman–Crippen MR) is 81.0 cm³/mol. The molecule has 0 rings (SSSR count). The van der Waals surface area contributed by atoms with Crippen LogP contribution in [0.2, 0.25) is 0 Å². The maximum Gasteiger partial charge on any atom is 4.00 e.